The maximum absolute atomic E-state index is 2.59. The third kappa shape index (κ3) is 10.9. The molecule has 2 heteroatoms. The van der Waals surface area contributed by atoms with Crippen LogP contribution in [0.25, 0.3) is 0 Å². The van der Waals surface area contributed by atoms with Gasteiger partial charge in [-0.2, -0.15) is 0 Å². The molecule has 0 N–H and O–H groups in total. The van der Waals surface area contributed by atoms with Gasteiger partial charge in [0.05, 0.1) is 6.17 Å². The second-order valence-corrected chi connectivity index (χ2v) is 6.54. The van der Waals surface area contributed by atoms with Crippen LogP contribution in [-0.2, 0) is 0 Å². The van der Waals surface area contributed by atoms with Crippen molar-refractivity contribution in [3.05, 3.63) is 12.2 Å². The number of hydrogen-bond acceptors (Lipinski definition) is 2. The van der Waals surface area contributed by atoms with Gasteiger partial charge in [0.15, 0.2) is 0 Å². The van der Waals surface area contributed by atoms with Crippen molar-refractivity contribution in [1.29, 1.82) is 0 Å². The average molecular weight is 325 g/mol. The van der Waals surface area contributed by atoms with E-state index in [1.165, 1.54) is 57.8 Å². The lowest BCUT2D eigenvalue weighted by molar-refractivity contribution is 0.0589. The minimum absolute atomic E-state index is 0.574. The van der Waals surface area contributed by atoms with Crippen LogP contribution < -0.4 is 0 Å². The van der Waals surface area contributed by atoms with Gasteiger partial charge in [-0.25, -0.2) is 0 Å². The van der Waals surface area contributed by atoms with E-state index in [0.29, 0.717) is 6.17 Å². The fourth-order valence-electron chi connectivity index (χ4n) is 3.37. The molecule has 0 saturated carbocycles. The minimum Gasteiger partial charge on any atom is -0.288 e. The van der Waals surface area contributed by atoms with Gasteiger partial charge in [0, 0.05) is 0 Å². The van der Waals surface area contributed by atoms with E-state index in [9.17, 15) is 0 Å². The van der Waals surface area contributed by atoms with E-state index in [1.807, 2.05) is 0 Å². The number of allylic oxidation sites excluding steroid dienone is 1. The van der Waals surface area contributed by atoms with E-state index < -0.39 is 0 Å². The van der Waals surface area contributed by atoms with Gasteiger partial charge >= 0.3 is 0 Å². The van der Waals surface area contributed by atoms with Crippen LogP contribution in [0.3, 0.4) is 0 Å². The zero-order valence-corrected chi connectivity index (χ0v) is 16.8. The Hall–Kier alpha value is -0.340. The third-order valence-electron chi connectivity index (χ3n) is 4.96. The fourth-order valence-corrected chi connectivity index (χ4v) is 3.37. The van der Waals surface area contributed by atoms with Crippen LogP contribution in [0.15, 0.2) is 12.2 Å². The lowest BCUT2D eigenvalue weighted by Crippen LogP contribution is -2.48. The smallest absolute Gasteiger partial charge is 0.0657 e. The van der Waals surface area contributed by atoms with Crippen molar-refractivity contribution >= 4 is 0 Å². The van der Waals surface area contributed by atoms with Crippen molar-refractivity contribution in [2.24, 2.45) is 0 Å². The van der Waals surface area contributed by atoms with Crippen LogP contribution >= 0.6 is 0 Å². The molecule has 0 aromatic rings. The summed E-state index contributed by atoms with van der Waals surface area (Å²) >= 11 is 0. The predicted octanol–water partition coefficient (Wildman–Crippen LogP) is 6.08. The van der Waals surface area contributed by atoms with Crippen molar-refractivity contribution in [1.82, 2.24) is 9.80 Å². The molecule has 0 aliphatic heterocycles. The number of unbranched alkanes of at least 4 members (excludes halogenated alkanes) is 7. The molecule has 0 spiro atoms. The van der Waals surface area contributed by atoms with Crippen LogP contribution in [0.2, 0.25) is 0 Å². The molecule has 138 valence electrons. The first-order valence-electron chi connectivity index (χ1n) is 10.4. The second kappa shape index (κ2) is 16.5. The first kappa shape index (κ1) is 22.7. The van der Waals surface area contributed by atoms with Crippen LogP contribution in [-0.4, -0.2) is 42.1 Å². The van der Waals surface area contributed by atoms with Gasteiger partial charge < -0.3 is 0 Å². The van der Waals surface area contributed by atoms with E-state index in [4.69, 9.17) is 0 Å². The molecule has 0 aliphatic carbocycles. The van der Waals surface area contributed by atoms with Crippen molar-refractivity contribution in [3.63, 3.8) is 0 Å². The highest BCUT2D eigenvalue weighted by Crippen LogP contribution is 2.12. The van der Waals surface area contributed by atoms with E-state index >= 15 is 0 Å². The largest absolute Gasteiger partial charge is 0.288 e. The second-order valence-electron chi connectivity index (χ2n) is 6.54. The quantitative estimate of drug-likeness (QED) is 0.193. The van der Waals surface area contributed by atoms with Crippen LogP contribution in [0.4, 0.5) is 0 Å². The van der Waals surface area contributed by atoms with E-state index in [2.05, 4.69) is 56.6 Å². The lowest BCUT2D eigenvalue weighted by atomic mass is 10.1. The Morgan fingerprint density at radius 2 is 1.09 bits per heavy atom. The summed E-state index contributed by atoms with van der Waals surface area (Å²) < 4.78 is 0. The molecule has 0 bridgehead atoms. The topological polar surface area (TPSA) is 6.48 Å². The average Bonchev–Trinajstić information content (AvgIpc) is 2.58. The fraction of sp³-hybridized carbons (Fsp3) is 0.905. The molecule has 0 aromatic heterocycles. The highest BCUT2D eigenvalue weighted by molar-refractivity contribution is 4.87. The summed E-state index contributed by atoms with van der Waals surface area (Å²) in [5.41, 5.74) is 0. The molecule has 23 heavy (non-hydrogen) atoms. The molecule has 0 aliphatic rings. The Morgan fingerprint density at radius 1 is 0.609 bits per heavy atom. The number of nitrogens with zero attached hydrogens (tertiary/aromatic N) is 2. The summed E-state index contributed by atoms with van der Waals surface area (Å²) in [6.45, 7) is 16.0. The Morgan fingerprint density at radius 3 is 1.57 bits per heavy atom. The Labute approximate surface area is 147 Å². The monoisotopic (exact) mass is 324 g/mol. The SMILES string of the molecule is CCCCCCCCCC=CCC(N(CC)CC)N(CC)CC. The predicted molar refractivity (Wildman–Crippen MR) is 106 cm³/mol. The lowest BCUT2D eigenvalue weighted by Gasteiger charge is -2.37. The highest BCUT2D eigenvalue weighted by atomic mass is 15.3. The van der Waals surface area contributed by atoms with Gasteiger partial charge in [-0.15, -0.1) is 0 Å². The maximum atomic E-state index is 2.59. The minimum atomic E-state index is 0.574. The molecule has 0 radical (unpaired) electrons. The van der Waals surface area contributed by atoms with Gasteiger partial charge in [-0.3, -0.25) is 9.80 Å². The first-order valence-corrected chi connectivity index (χ1v) is 10.4. The van der Waals surface area contributed by atoms with Crippen LogP contribution in [0.1, 0.15) is 92.4 Å². The molecule has 0 unspecified atom stereocenters. The van der Waals surface area contributed by atoms with Gasteiger partial charge in [-0.05, 0) is 45.4 Å². The maximum Gasteiger partial charge on any atom is 0.0657 e. The van der Waals surface area contributed by atoms with Crippen LogP contribution in [0.5, 0.6) is 0 Å². The molecular weight excluding hydrogens is 280 g/mol. The number of hydrogen-bond donors (Lipinski definition) is 0. The summed E-state index contributed by atoms with van der Waals surface area (Å²) in [5, 5.41) is 0. The van der Waals surface area contributed by atoms with Gasteiger partial charge in [-0.1, -0.05) is 85.3 Å². The standard InChI is InChI=1S/C21H44N2/c1-6-11-12-13-14-15-16-17-18-19-20-21(22(7-2)8-3)23(9-4)10-5/h18-19,21H,6-17,20H2,1-5H3. The normalized spacial score (nSPS) is 12.3. The summed E-state index contributed by atoms with van der Waals surface area (Å²) in [6.07, 6.45) is 17.7. The van der Waals surface area contributed by atoms with Gasteiger partial charge in [0.2, 0.25) is 0 Å². The molecule has 2 nitrogen and oxygen atoms in total. The Balaban J connectivity index is 4.00. The summed E-state index contributed by atoms with van der Waals surface area (Å²) in [5.74, 6) is 0. The van der Waals surface area contributed by atoms with E-state index in [1.54, 1.807) is 0 Å². The van der Waals surface area contributed by atoms with Crippen molar-refractivity contribution < 1.29 is 0 Å². The summed E-state index contributed by atoms with van der Waals surface area (Å²) in [6, 6.07) is 0. The molecular formula is C21H44N2. The van der Waals surface area contributed by atoms with Gasteiger partial charge in [0.25, 0.3) is 0 Å². The molecule has 0 atom stereocenters. The molecule has 0 aromatic carbocycles. The van der Waals surface area contributed by atoms with Crippen LogP contribution in [0, 0.1) is 0 Å². The molecule has 0 fully saturated rings. The van der Waals surface area contributed by atoms with E-state index in [-0.39, 0.29) is 0 Å². The zero-order chi connectivity index (χ0) is 17.3. The zero-order valence-electron chi connectivity index (χ0n) is 16.8. The highest BCUT2D eigenvalue weighted by Gasteiger charge is 2.19. The van der Waals surface area contributed by atoms with Crippen molar-refractivity contribution in [3.8, 4) is 0 Å². The molecule has 0 rings (SSSR count). The van der Waals surface area contributed by atoms with Gasteiger partial charge in [0.1, 0.15) is 0 Å². The van der Waals surface area contributed by atoms with Crippen molar-refractivity contribution in [2.45, 2.75) is 98.6 Å². The first-order chi connectivity index (χ1) is 11.2. The third-order valence-corrected chi connectivity index (χ3v) is 4.96. The van der Waals surface area contributed by atoms with E-state index in [0.717, 1.165) is 26.2 Å². The molecule has 0 amide bonds. The van der Waals surface area contributed by atoms with Crippen molar-refractivity contribution in [2.75, 3.05) is 26.2 Å². The Bertz CT molecular complexity index is 243. The molecule has 0 heterocycles. The Kier molecular flexibility index (Phi) is 16.3. The summed E-state index contributed by atoms with van der Waals surface area (Å²) in [4.78, 5) is 5.18. The summed E-state index contributed by atoms with van der Waals surface area (Å²) in [7, 11) is 0. The molecule has 0 saturated heterocycles. The number of rotatable bonds is 16.